The lowest BCUT2D eigenvalue weighted by molar-refractivity contribution is 0.174. The Morgan fingerprint density at radius 1 is 1.06 bits per heavy atom. The molecular formula is C5H11I4NO2P2S2. The Morgan fingerprint density at radius 2 is 1.44 bits per heavy atom. The number of hydrogen-bond acceptors (Lipinski definition) is 5. The van der Waals surface area contributed by atoms with Crippen LogP contribution in [0.2, 0.25) is 0 Å². The van der Waals surface area contributed by atoms with Gasteiger partial charge in [-0.05, 0) is 94.6 Å². The van der Waals surface area contributed by atoms with Crippen molar-refractivity contribution < 1.29 is 8.37 Å². The lowest BCUT2D eigenvalue weighted by atomic mass is 10.0. The second kappa shape index (κ2) is 12.0. The van der Waals surface area contributed by atoms with Gasteiger partial charge in [-0.25, -0.2) is 0 Å². The topological polar surface area (TPSA) is 44.5 Å². The molecule has 0 fully saturated rings. The SMILES string of the molecule is CCC(N)(COSP(I)I)COSP(I)I. The molecule has 98 valence electrons. The summed E-state index contributed by atoms with van der Waals surface area (Å²) in [4.78, 5) is 0. The highest BCUT2D eigenvalue weighted by molar-refractivity contribution is 14.3. The molecule has 16 heavy (non-hydrogen) atoms. The van der Waals surface area contributed by atoms with E-state index < -0.39 is 0 Å². The third kappa shape index (κ3) is 12.1. The molecule has 0 saturated heterocycles. The van der Waals surface area contributed by atoms with Crippen molar-refractivity contribution in [2.75, 3.05) is 13.2 Å². The van der Waals surface area contributed by atoms with E-state index in [9.17, 15) is 0 Å². The zero-order chi connectivity index (χ0) is 12.6. The Morgan fingerprint density at radius 3 is 1.69 bits per heavy atom. The Hall–Kier alpha value is 4.36. The largest absolute Gasteiger partial charge is 0.321 e. The van der Waals surface area contributed by atoms with Crippen LogP contribution in [0.5, 0.6) is 0 Å². The third-order valence-corrected chi connectivity index (χ3v) is 9.38. The minimum Gasteiger partial charge on any atom is -0.321 e. The van der Waals surface area contributed by atoms with Gasteiger partial charge < -0.3 is 14.1 Å². The van der Waals surface area contributed by atoms with Crippen molar-refractivity contribution in [2.45, 2.75) is 18.9 Å². The van der Waals surface area contributed by atoms with Gasteiger partial charge in [0.25, 0.3) is 0 Å². The molecule has 0 spiro atoms. The van der Waals surface area contributed by atoms with Gasteiger partial charge in [0.15, 0.2) is 0 Å². The number of halogens is 4. The maximum atomic E-state index is 6.20. The van der Waals surface area contributed by atoms with Crippen molar-refractivity contribution in [3.8, 4) is 0 Å². The van der Waals surface area contributed by atoms with Gasteiger partial charge in [-0.15, -0.1) is 0 Å². The molecule has 0 saturated carbocycles. The standard InChI is InChI=1S/C5H11I4NO2P2S2/c1-2-5(10,3-11-15-13(6)7)4-12-16-14(8)9/h2-4,10H2,1H3. The van der Waals surface area contributed by atoms with Crippen LogP contribution in [0.4, 0.5) is 0 Å². The van der Waals surface area contributed by atoms with E-state index in [2.05, 4.69) is 95.1 Å². The summed E-state index contributed by atoms with van der Waals surface area (Å²) in [6.45, 7) is 3.15. The average Bonchev–Trinajstić information content (AvgIpc) is 2.16. The van der Waals surface area contributed by atoms with E-state index in [0.29, 0.717) is 13.2 Å². The second-order valence-electron chi connectivity index (χ2n) is 2.79. The fraction of sp³-hybridized carbons (Fsp3) is 1.00. The highest BCUT2D eigenvalue weighted by atomic mass is 127. The van der Waals surface area contributed by atoms with Crippen molar-refractivity contribution in [1.82, 2.24) is 0 Å². The molecule has 0 aromatic heterocycles. The van der Waals surface area contributed by atoms with Crippen molar-refractivity contribution in [2.24, 2.45) is 5.73 Å². The maximum Gasteiger partial charge on any atom is 0.113 e. The summed E-state index contributed by atoms with van der Waals surface area (Å²) < 4.78 is 10.8. The molecule has 0 aliphatic carbocycles. The molecule has 0 aromatic carbocycles. The summed E-state index contributed by atoms with van der Waals surface area (Å²) in [7, 11) is 0. The summed E-state index contributed by atoms with van der Waals surface area (Å²) in [5.74, 6) is 0. The molecule has 0 heterocycles. The molecule has 0 aliphatic rings. The zero-order valence-electron chi connectivity index (χ0n) is 8.24. The number of hydrogen-bond donors (Lipinski definition) is 1. The van der Waals surface area contributed by atoms with Gasteiger partial charge in [-0.1, -0.05) is 6.92 Å². The van der Waals surface area contributed by atoms with Gasteiger partial charge in [0.2, 0.25) is 0 Å². The molecule has 0 aliphatic heterocycles. The first-order chi connectivity index (χ1) is 7.39. The average molecular weight is 751 g/mol. The Balaban J connectivity index is 3.81. The second-order valence-corrected chi connectivity index (χ2v) is 38.0. The van der Waals surface area contributed by atoms with Gasteiger partial charge in [0.1, 0.15) is 4.82 Å². The predicted octanol–water partition coefficient (Wildman–Crippen LogP) is 6.62. The molecule has 2 N–H and O–H groups in total. The minimum absolute atomic E-state index is 0.148. The van der Waals surface area contributed by atoms with Gasteiger partial charge in [-0.3, -0.25) is 0 Å². The van der Waals surface area contributed by atoms with Crippen LogP contribution in [0.25, 0.3) is 0 Å². The molecule has 0 atom stereocenters. The highest BCUT2D eigenvalue weighted by Crippen LogP contribution is 2.65. The Kier molecular flexibility index (Phi) is 15.2. The normalized spacial score (nSPS) is 12.8. The quantitative estimate of drug-likeness (QED) is 0.163. The zero-order valence-corrected chi connectivity index (χ0v) is 20.3. The Labute approximate surface area is 159 Å². The van der Waals surface area contributed by atoms with Gasteiger partial charge >= 0.3 is 0 Å². The van der Waals surface area contributed by atoms with E-state index >= 15 is 0 Å². The maximum absolute atomic E-state index is 6.20. The number of rotatable bonds is 9. The lowest BCUT2D eigenvalue weighted by Crippen LogP contribution is -2.47. The molecular weight excluding hydrogens is 740 g/mol. The lowest BCUT2D eigenvalue weighted by Gasteiger charge is -2.26. The molecule has 11 heteroatoms. The van der Waals surface area contributed by atoms with Gasteiger partial charge in [0.05, 0.1) is 18.8 Å². The van der Waals surface area contributed by atoms with E-state index in [1.807, 2.05) is 0 Å². The monoisotopic (exact) mass is 751 g/mol. The fourth-order valence-electron chi connectivity index (χ4n) is 0.613. The molecule has 0 amide bonds. The molecule has 0 bridgehead atoms. The first kappa shape index (κ1) is 20.4. The highest BCUT2D eigenvalue weighted by Gasteiger charge is 2.25. The van der Waals surface area contributed by atoms with E-state index in [1.54, 1.807) is 0 Å². The van der Waals surface area contributed by atoms with Crippen LogP contribution in [-0.2, 0) is 8.37 Å². The Bertz CT molecular complexity index is 180. The fourth-order valence-corrected chi connectivity index (χ4v) is 6.23. The smallest absolute Gasteiger partial charge is 0.113 e. The first-order valence-electron chi connectivity index (χ1n) is 4.01. The summed E-state index contributed by atoms with van der Waals surface area (Å²) in [5, 5.41) is 0. The third-order valence-electron chi connectivity index (χ3n) is 1.61. The summed E-state index contributed by atoms with van der Waals surface area (Å²) >= 11 is 12.4. The number of nitrogens with two attached hydrogens (primary N) is 1. The minimum atomic E-state index is -0.364. The molecule has 0 radical (unpaired) electrons. The summed E-state index contributed by atoms with van der Waals surface area (Å²) in [5.41, 5.74) is 5.83. The molecule has 0 rings (SSSR count). The summed E-state index contributed by atoms with van der Waals surface area (Å²) in [6.07, 6.45) is 0.856. The van der Waals surface area contributed by atoms with Gasteiger partial charge in [-0.2, -0.15) is 0 Å². The van der Waals surface area contributed by atoms with E-state index in [-0.39, 0.29) is 10.4 Å². The van der Waals surface area contributed by atoms with E-state index in [1.165, 1.54) is 23.3 Å². The van der Waals surface area contributed by atoms with Crippen molar-refractivity contribution >= 4 is 116 Å². The van der Waals surface area contributed by atoms with E-state index in [4.69, 9.17) is 14.1 Å². The molecule has 0 aromatic rings. The van der Waals surface area contributed by atoms with Crippen LogP contribution < -0.4 is 5.73 Å². The van der Waals surface area contributed by atoms with Crippen LogP contribution >= 0.6 is 116 Å². The van der Waals surface area contributed by atoms with Crippen molar-refractivity contribution in [3.05, 3.63) is 0 Å². The summed E-state index contributed by atoms with van der Waals surface area (Å²) in [6, 6.07) is 0. The van der Waals surface area contributed by atoms with Crippen LogP contribution in [-0.4, -0.2) is 18.8 Å². The van der Waals surface area contributed by atoms with Crippen LogP contribution in [0.15, 0.2) is 0 Å². The van der Waals surface area contributed by atoms with Crippen LogP contribution in [0.1, 0.15) is 13.3 Å². The molecule has 3 nitrogen and oxygen atoms in total. The van der Waals surface area contributed by atoms with Crippen LogP contribution in [0, 0.1) is 0 Å². The predicted molar refractivity (Wildman–Crippen MR) is 114 cm³/mol. The first-order valence-corrected chi connectivity index (χ1v) is 20.5. The van der Waals surface area contributed by atoms with E-state index in [0.717, 1.165) is 6.42 Å². The van der Waals surface area contributed by atoms with Crippen molar-refractivity contribution in [1.29, 1.82) is 0 Å². The molecule has 0 unspecified atom stereocenters. The van der Waals surface area contributed by atoms with Crippen LogP contribution in [0.3, 0.4) is 0 Å². The van der Waals surface area contributed by atoms with Gasteiger partial charge in [0, 0.05) is 23.3 Å². The van der Waals surface area contributed by atoms with Crippen molar-refractivity contribution in [3.63, 3.8) is 0 Å².